The molecule has 0 fully saturated rings. The minimum absolute atomic E-state index is 0.236. The Morgan fingerprint density at radius 1 is 1.58 bits per heavy atom. The van der Waals surface area contributed by atoms with E-state index in [1.165, 1.54) is 6.07 Å². The van der Waals surface area contributed by atoms with Crippen LogP contribution in [0.2, 0.25) is 0 Å². The highest BCUT2D eigenvalue weighted by atomic mass is 19.1. The minimum atomic E-state index is -0.620. The molecule has 0 saturated heterocycles. The third-order valence-electron chi connectivity index (χ3n) is 1.75. The molecule has 0 amide bonds. The second kappa shape index (κ2) is 3.65. The van der Waals surface area contributed by atoms with Crippen LogP contribution in [0.15, 0.2) is 18.2 Å². The van der Waals surface area contributed by atoms with Crippen LogP contribution in [0.3, 0.4) is 0 Å². The zero-order valence-corrected chi connectivity index (χ0v) is 6.92. The van der Waals surface area contributed by atoms with E-state index in [2.05, 4.69) is 0 Å². The Morgan fingerprint density at radius 3 is 2.83 bits per heavy atom. The first kappa shape index (κ1) is 9.16. The summed E-state index contributed by atoms with van der Waals surface area (Å²) in [6.07, 6.45) is 0. The lowest BCUT2D eigenvalue weighted by molar-refractivity contribution is 0.265. The highest BCUT2D eigenvalue weighted by molar-refractivity contribution is 5.26. The molecule has 3 N–H and O–H groups in total. The predicted molar refractivity (Wildman–Crippen MR) is 45.2 cm³/mol. The Kier molecular flexibility index (Phi) is 2.78. The first-order valence-electron chi connectivity index (χ1n) is 3.77. The average Bonchev–Trinajstić information content (AvgIpc) is 2.08. The average molecular weight is 169 g/mol. The molecule has 0 saturated carbocycles. The van der Waals surface area contributed by atoms with Crippen LogP contribution in [0, 0.1) is 12.7 Å². The van der Waals surface area contributed by atoms with Crippen molar-refractivity contribution < 1.29 is 9.50 Å². The van der Waals surface area contributed by atoms with Crippen molar-refractivity contribution in [3.63, 3.8) is 0 Å². The Hall–Kier alpha value is -0.930. The molecule has 1 aromatic carbocycles. The summed E-state index contributed by atoms with van der Waals surface area (Å²) in [6.45, 7) is 1.62. The van der Waals surface area contributed by atoms with Gasteiger partial charge in [0.1, 0.15) is 5.82 Å². The molecule has 2 nitrogen and oxygen atoms in total. The van der Waals surface area contributed by atoms with Gasteiger partial charge in [-0.05, 0) is 13.0 Å². The number of aryl methyl sites for hydroxylation is 1. The number of hydrogen-bond acceptors (Lipinski definition) is 2. The summed E-state index contributed by atoms with van der Waals surface area (Å²) in [5.41, 5.74) is 6.79. The summed E-state index contributed by atoms with van der Waals surface area (Å²) >= 11 is 0. The maximum absolute atomic E-state index is 13.0. The van der Waals surface area contributed by atoms with Crippen molar-refractivity contribution >= 4 is 0 Å². The number of rotatable bonds is 2. The van der Waals surface area contributed by atoms with Crippen LogP contribution in [0.1, 0.15) is 17.2 Å². The third-order valence-corrected chi connectivity index (χ3v) is 1.75. The van der Waals surface area contributed by atoms with Crippen LogP contribution >= 0.6 is 0 Å². The van der Waals surface area contributed by atoms with Gasteiger partial charge in [-0.2, -0.15) is 0 Å². The first-order chi connectivity index (χ1) is 5.65. The van der Waals surface area contributed by atoms with Gasteiger partial charge in [0.15, 0.2) is 0 Å². The molecule has 1 atom stereocenters. The lowest BCUT2D eigenvalue weighted by atomic mass is 10.1. The Bertz CT molecular complexity index is 275. The van der Waals surface area contributed by atoms with E-state index in [1.807, 2.05) is 6.92 Å². The van der Waals surface area contributed by atoms with Crippen LogP contribution in [-0.4, -0.2) is 11.7 Å². The van der Waals surface area contributed by atoms with Crippen molar-refractivity contribution in [2.45, 2.75) is 13.0 Å². The van der Waals surface area contributed by atoms with E-state index >= 15 is 0 Å². The molecular formula is C9H12FNO. The van der Waals surface area contributed by atoms with Crippen LogP contribution in [-0.2, 0) is 0 Å². The molecule has 0 aromatic heterocycles. The van der Waals surface area contributed by atoms with Gasteiger partial charge in [-0.15, -0.1) is 0 Å². The van der Waals surface area contributed by atoms with Crippen LogP contribution in [0.25, 0.3) is 0 Å². The molecule has 0 radical (unpaired) electrons. The summed E-state index contributed by atoms with van der Waals surface area (Å²) in [5.74, 6) is -0.359. The highest BCUT2D eigenvalue weighted by Gasteiger charge is 2.09. The van der Waals surface area contributed by atoms with E-state index in [0.29, 0.717) is 5.56 Å². The summed E-state index contributed by atoms with van der Waals surface area (Å²) in [4.78, 5) is 0. The zero-order valence-electron chi connectivity index (χ0n) is 6.92. The predicted octanol–water partition coefficient (Wildman–Crippen LogP) is 1.13. The van der Waals surface area contributed by atoms with E-state index in [4.69, 9.17) is 10.8 Å². The highest BCUT2D eigenvalue weighted by Crippen LogP contribution is 2.15. The molecule has 1 aromatic rings. The number of benzene rings is 1. The lowest BCUT2D eigenvalue weighted by Gasteiger charge is -2.09. The van der Waals surface area contributed by atoms with Crippen LogP contribution in [0.4, 0.5) is 4.39 Å². The number of halogens is 1. The quantitative estimate of drug-likeness (QED) is 0.697. The van der Waals surface area contributed by atoms with Crippen molar-refractivity contribution in [3.8, 4) is 0 Å². The Morgan fingerprint density at radius 2 is 2.25 bits per heavy atom. The molecule has 12 heavy (non-hydrogen) atoms. The normalized spacial score (nSPS) is 13.0. The van der Waals surface area contributed by atoms with Crippen molar-refractivity contribution in [1.29, 1.82) is 0 Å². The standard InChI is InChI=1S/C9H12FNO/c1-6-2-3-8(10)7(4-6)9(11)5-12/h2-4,9,12H,5,11H2,1H3/t9-/m1/s1. The molecule has 0 heterocycles. The number of aliphatic hydroxyl groups is 1. The first-order valence-corrected chi connectivity index (χ1v) is 3.77. The minimum Gasteiger partial charge on any atom is -0.394 e. The second-order valence-electron chi connectivity index (χ2n) is 2.81. The lowest BCUT2D eigenvalue weighted by Crippen LogP contribution is -2.16. The van der Waals surface area contributed by atoms with Crippen molar-refractivity contribution in [2.75, 3.05) is 6.61 Å². The summed E-state index contributed by atoms with van der Waals surface area (Å²) < 4.78 is 13.0. The maximum atomic E-state index is 13.0. The Labute approximate surface area is 70.8 Å². The van der Waals surface area contributed by atoms with Gasteiger partial charge in [0, 0.05) is 5.56 Å². The van der Waals surface area contributed by atoms with Gasteiger partial charge in [0.05, 0.1) is 12.6 Å². The van der Waals surface area contributed by atoms with Crippen molar-refractivity contribution in [1.82, 2.24) is 0 Å². The number of hydrogen-bond donors (Lipinski definition) is 2. The summed E-state index contributed by atoms with van der Waals surface area (Å²) in [6, 6.07) is 4.06. The largest absolute Gasteiger partial charge is 0.394 e. The van der Waals surface area contributed by atoms with E-state index < -0.39 is 6.04 Å². The Balaban J connectivity index is 3.04. The molecule has 0 spiro atoms. The van der Waals surface area contributed by atoms with Crippen LogP contribution < -0.4 is 5.73 Å². The molecular weight excluding hydrogens is 157 g/mol. The SMILES string of the molecule is Cc1ccc(F)c([C@H](N)CO)c1. The summed E-state index contributed by atoms with van der Waals surface area (Å²) in [5, 5.41) is 8.71. The number of nitrogens with two attached hydrogens (primary N) is 1. The molecule has 0 bridgehead atoms. The second-order valence-corrected chi connectivity index (χ2v) is 2.81. The van der Waals surface area contributed by atoms with E-state index in [9.17, 15) is 4.39 Å². The zero-order chi connectivity index (χ0) is 9.14. The van der Waals surface area contributed by atoms with Crippen molar-refractivity contribution in [2.24, 2.45) is 5.73 Å². The monoisotopic (exact) mass is 169 g/mol. The smallest absolute Gasteiger partial charge is 0.128 e. The maximum Gasteiger partial charge on any atom is 0.128 e. The fourth-order valence-electron chi connectivity index (χ4n) is 1.05. The molecule has 1 rings (SSSR count). The molecule has 0 aliphatic heterocycles. The van der Waals surface area contributed by atoms with Gasteiger partial charge >= 0.3 is 0 Å². The number of aliphatic hydroxyl groups excluding tert-OH is 1. The molecule has 0 aliphatic rings. The van der Waals surface area contributed by atoms with Gasteiger partial charge in [-0.3, -0.25) is 0 Å². The van der Waals surface area contributed by atoms with E-state index in [0.717, 1.165) is 5.56 Å². The van der Waals surface area contributed by atoms with Gasteiger partial charge < -0.3 is 10.8 Å². The van der Waals surface area contributed by atoms with Crippen LogP contribution in [0.5, 0.6) is 0 Å². The van der Waals surface area contributed by atoms with Gasteiger partial charge in [0.2, 0.25) is 0 Å². The fraction of sp³-hybridized carbons (Fsp3) is 0.333. The van der Waals surface area contributed by atoms with Gasteiger partial charge in [-0.25, -0.2) is 4.39 Å². The molecule has 0 aliphatic carbocycles. The van der Waals surface area contributed by atoms with E-state index in [-0.39, 0.29) is 12.4 Å². The van der Waals surface area contributed by atoms with E-state index in [1.54, 1.807) is 12.1 Å². The van der Waals surface area contributed by atoms with Gasteiger partial charge in [0.25, 0.3) is 0 Å². The third kappa shape index (κ3) is 1.81. The van der Waals surface area contributed by atoms with Crippen molar-refractivity contribution in [3.05, 3.63) is 35.1 Å². The fourth-order valence-corrected chi connectivity index (χ4v) is 1.05. The van der Waals surface area contributed by atoms with Gasteiger partial charge in [-0.1, -0.05) is 17.7 Å². The summed E-state index contributed by atoms with van der Waals surface area (Å²) in [7, 11) is 0. The molecule has 66 valence electrons. The molecule has 3 heteroatoms. The topological polar surface area (TPSA) is 46.2 Å². The molecule has 0 unspecified atom stereocenters.